The predicted octanol–water partition coefficient (Wildman–Crippen LogP) is 2.69. The first kappa shape index (κ1) is 16.8. The number of hydrogen-bond donors (Lipinski definition) is 2. The average Bonchev–Trinajstić information content (AvgIpc) is 3.03. The second-order valence-corrected chi connectivity index (χ2v) is 7.10. The molecule has 1 aliphatic carbocycles. The average molecular weight is 330 g/mol. The molecule has 1 heterocycles. The molecule has 2 fully saturated rings. The highest BCUT2D eigenvalue weighted by Crippen LogP contribution is 2.43. The molecule has 1 saturated heterocycles. The Morgan fingerprint density at radius 3 is 2.67 bits per heavy atom. The van der Waals surface area contributed by atoms with Crippen LogP contribution in [0.2, 0.25) is 0 Å². The Balaban J connectivity index is 1.65. The normalized spacial score (nSPS) is 22.0. The van der Waals surface area contributed by atoms with Crippen LogP contribution in [0.25, 0.3) is 0 Å². The monoisotopic (exact) mass is 330 g/mol. The van der Waals surface area contributed by atoms with Crippen LogP contribution in [0.5, 0.6) is 5.75 Å². The summed E-state index contributed by atoms with van der Waals surface area (Å²) in [7, 11) is 0. The van der Waals surface area contributed by atoms with Crippen LogP contribution in [0.1, 0.15) is 55.8 Å². The number of benzene rings is 1. The molecule has 2 aliphatic rings. The Kier molecular flexibility index (Phi) is 4.78. The molecule has 3 rings (SSSR count). The van der Waals surface area contributed by atoms with E-state index in [1.54, 1.807) is 23.1 Å². The van der Waals surface area contributed by atoms with E-state index in [-0.39, 0.29) is 28.5 Å². The molecule has 0 bridgehead atoms. The number of aromatic hydroxyl groups is 1. The first-order valence-corrected chi connectivity index (χ1v) is 8.93. The van der Waals surface area contributed by atoms with Gasteiger partial charge >= 0.3 is 0 Å². The lowest BCUT2D eigenvalue weighted by molar-refractivity contribution is -0.125. The minimum Gasteiger partial charge on any atom is -0.507 e. The van der Waals surface area contributed by atoms with Gasteiger partial charge in [-0.15, -0.1) is 0 Å². The van der Waals surface area contributed by atoms with Gasteiger partial charge in [-0.05, 0) is 49.7 Å². The third-order valence-corrected chi connectivity index (χ3v) is 5.75. The van der Waals surface area contributed by atoms with Crippen LogP contribution in [-0.2, 0) is 4.79 Å². The lowest BCUT2D eigenvalue weighted by atomic mass is 9.67. The second kappa shape index (κ2) is 6.83. The zero-order valence-electron chi connectivity index (χ0n) is 14.3. The molecule has 5 nitrogen and oxygen atoms in total. The number of phenols is 1. The molecule has 130 valence electrons. The Bertz CT molecular complexity index is 619. The number of hydrogen-bond acceptors (Lipinski definition) is 3. The topological polar surface area (TPSA) is 69.6 Å². The fraction of sp³-hybridized carbons (Fsp3) is 0.579. The van der Waals surface area contributed by atoms with Gasteiger partial charge in [-0.3, -0.25) is 9.59 Å². The van der Waals surface area contributed by atoms with Gasteiger partial charge in [0.25, 0.3) is 5.91 Å². The van der Waals surface area contributed by atoms with E-state index in [9.17, 15) is 14.7 Å². The molecule has 1 aliphatic heterocycles. The summed E-state index contributed by atoms with van der Waals surface area (Å²) in [5.74, 6) is -0.358. The number of likely N-dealkylation sites (tertiary alicyclic amines) is 1. The largest absolute Gasteiger partial charge is 0.507 e. The molecule has 2 N–H and O–H groups in total. The fourth-order valence-corrected chi connectivity index (χ4v) is 3.82. The molecule has 2 amide bonds. The van der Waals surface area contributed by atoms with Crippen molar-refractivity contribution in [1.29, 1.82) is 0 Å². The van der Waals surface area contributed by atoms with Crippen molar-refractivity contribution in [2.24, 2.45) is 5.41 Å². The number of nitrogens with one attached hydrogen (secondary N) is 1. The Labute approximate surface area is 143 Å². The summed E-state index contributed by atoms with van der Waals surface area (Å²) < 4.78 is 0. The van der Waals surface area contributed by atoms with Crippen molar-refractivity contribution in [2.75, 3.05) is 13.1 Å². The van der Waals surface area contributed by atoms with Gasteiger partial charge in [-0.25, -0.2) is 0 Å². The number of phenolic OH excluding ortho intramolecular Hbond substituents is 1. The summed E-state index contributed by atoms with van der Waals surface area (Å²) in [5, 5.41) is 13.0. The van der Waals surface area contributed by atoms with Gasteiger partial charge in [0.05, 0.1) is 5.56 Å². The van der Waals surface area contributed by atoms with E-state index >= 15 is 0 Å². The number of carbonyl (C=O) groups is 2. The van der Waals surface area contributed by atoms with Gasteiger partial charge in [0.1, 0.15) is 11.8 Å². The molecule has 24 heavy (non-hydrogen) atoms. The van der Waals surface area contributed by atoms with Crippen LogP contribution in [-0.4, -0.2) is 41.0 Å². The second-order valence-electron chi connectivity index (χ2n) is 7.10. The van der Waals surface area contributed by atoms with Gasteiger partial charge in [-0.1, -0.05) is 25.5 Å². The molecule has 0 radical (unpaired) electrons. The molecule has 0 spiro atoms. The van der Waals surface area contributed by atoms with Crippen LogP contribution in [0, 0.1) is 5.41 Å². The fourth-order valence-electron chi connectivity index (χ4n) is 3.82. The van der Waals surface area contributed by atoms with Crippen LogP contribution < -0.4 is 5.32 Å². The maximum atomic E-state index is 12.7. The minimum atomic E-state index is -0.425. The van der Waals surface area contributed by atoms with E-state index in [1.807, 2.05) is 0 Å². The number of carbonyl (C=O) groups excluding carboxylic acids is 2. The van der Waals surface area contributed by atoms with Crippen molar-refractivity contribution in [3.8, 4) is 5.75 Å². The molecule has 0 aromatic heterocycles. The van der Waals surface area contributed by atoms with Crippen molar-refractivity contribution < 1.29 is 14.7 Å². The van der Waals surface area contributed by atoms with Crippen molar-refractivity contribution >= 4 is 11.8 Å². The Hall–Kier alpha value is -2.04. The lowest BCUT2D eigenvalue weighted by Crippen LogP contribution is -2.49. The smallest absolute Gasteiger partial charge is 0.258 e. The first-order chi connectivity index (χ1) is 11.6. The summed E-state index contributed by atoms with van der Waals surface area (Å²) in [6, 6.07) is 6.08. The molecule has 1 atom stereocenters. The van der Waals surface area contributed by atoms with Gasteiger partial charge < -0.3 is 15.3 Å². The van der Waals surface area contributed by atoms with Gasteiger partial charge in [0.15, 0.2) is 0 Å². The summed E-state index contributed by atoms with van der Waals surface area (Å²) in [4.78, 5) is 26.9. The van der Waals surface area contributed by atoms with E-state index in [1.165, 1.54) is 25.3 Å². The number of rotatable bonds is 5. The van der Waals surface area contributed by atoms with Crippen molar-refractivity contribution in [3.05, 3.63) is 29.8 Å². The highest BCUT2D eigenvalue weighted by molar-refractivity contribution is 5.99. The summed E-state index contributed by atoms with van der Waals surface area (Å²) in [6.07, 6.45) is 6.17. The molecular weight excluding hydrogens is 304 g/mol. The van der Waals surface area contributed by atoms with Crippen molar-refractivity contribution in [1.82, 2.24) is 10.2 Å². The van der Waals surface area contributed by atoms with Crippen molar-refractivity contribution in [2.45, 2.75) is 51.5 Å². The SMILES string of the molecule is CCC1(CNC(=O)C2CCCN2C(=O)c2ccccc2O)CCC1. The Morgan fingerprint density at radius 2 is 2.04 bits per heavy atom. The van der Waals surface area contributed by atoms with E-state index in [4.69, 9.17) is 0 Å². The van der Waals surface area contributed by atoms with Gasteiger partial charge in [0.2, 0.25) is 5.91 Å². The molecule has 1 aromatic rings. The standard InChI is InChI=1S/C19H26N2O3/c1-2-19(10-6-11-19)13-20-17(23)15-8-5-12-21(15)18(24)14-7-3-4-9-16(14)22/h3-4,7,9,15,22H,2,5-6,8,10-13H2,1H3,(H,20,23). The zero-order valence-corrected chi connectivity index (χ0v) is 14.3. The highest BCUT2D eigenvalue weighted by Gasteiger charge is 2.38. The molecule has 1 aromatic carbocycles. The van der Waals surface area contributed by atoms with Crippen molar-refractivity contribution in [3.63, 3.8) is 0 Å². The first-order valence-electron chi connectivity index (χ1n) is 8.93. The maximum absolute atomic E-state index is 12.7. The van der Waals surface area contributed by atoms with Crippen LogP contribution in [0.4, 0.5) is 0 Å². The van der Waals surface area contributed by atoms with E-state index in [2.05, 4.69) is 12.2 Å². The summed E-state index contributed by atoms with van der Waals surface area (Å²) >= 11 is 0. The summed E-state index contributed by atoms with van der Waals surface area (Å²) in [5.41, 5.74) is 0.530. The quantitative estimate of drug-likeness (QED) is 0.872. The van der Waals surface area contributed by atoms with E-state index in [0.717, 1.165) is 12.8 Å². The molecule has 5 heteroatoms. The summed E-state index contributed by atoms with van der Waals surface area (Å²) in [6.45, 7) is 3.44. The number of amides is 2. The number of para-hydroxylation sites is 1. The van der Waals surface area contributed by atoms with Crippen LogP contribution >= 0.6 is 0 Å². The molecular formula is C19H26N2O3. The molecule has 1 saturated carbocycles. The van der Waals surface area contributed by atoms with E-state index < -0.39 is 6.04 Å². The third-order valence-electron chi connectivity index (χ3n) is 5.75. The zero-order chi connectivity index (χ0) is 17.2. The molecule has 1 unspecified atom stereocenters. The van der Waals surface area contributed by atoms with E-state index in [0.29, 0.717) is 19.5 Å². The van der Waals surface area contributed by atoms with Gasteiger partial charge in [-0.2, -0.15) is 0 Å². The predicted molar refractivity (Wildman–Crippen MR) is 91.8 cm³/mol. The lowest BCUT2D eigenvalue weighted by Gasteiger charge is -2.41. The number of nitrogens with zero attached hydrogens (tertiary/aromatic N) is 1. The third kappa shape index (κ3) is 3.12. The van der Waals surface area contributed by atoms with Gasteiger partial charge in [0, 0.05) is 13.1 Å². The highest BCUT2D eigenvalue weighted by atomic mass is 16.3. The minimum absolute atomic E-state index is 0.0343. The maximum Gasteiger partial charge on any atom is 0.258 e. The van der Waals surface area contributed by atoms with Crippen LogP contribution in [0.15, 0.2) is 24.3 Å². The Morgan fingerprint density at radius 1 is 1.29 bits per heavy atom. The van der Waals surface area contributed by atoms with Crippen LogP contribution in [0.3, 0.4) is 0 Å².